The minimum Gasteiger partial charge on any atom is -0.419 e. The molecule has 1 aliphatic rings. The van der Waals surface area contributed by atoms with Gasteiger partial charge in [-0.15, -0.1) is 10.2 Å². The van der Waals surface area contributed by atoms with E-state index in [1.54, 1.807) is 18.3 Å². The third-order valence-electron chi connectivity index (χ3n) is 5.97. The molecule has 0 saturated carbocycles. The van der Waals surface area contributed by atoms with Crippen LogP contribution in [0.15, 0.2) is 70.0 Å². The van der Waals surface area contributed by atoms with E-state index in [1.807, 2.05) is 49.4 Å². The van der Waals surface area contributed by atoms with Gasteiger partial charge in [-0.05, 0) is 37.3 Å². The fourth-order valence-corrected chi connectivity index (χ4v) is 4.48. The first-order valence-corrected chi connectivity index (χ1v) is 11.7. The third-order valence-corrected chi connectivity index (χ3v) is 6.56. The van der Waals surface area contributed by atoms with E-state index >= 15 is 0 Å². The molecule has 0 unspecified atom stereocenters. The Bertz CT molecular complexity index is 1350. The predicted octanol–water partition coefficient (Wildman–Crippen LogP) is 4.47. The molecular weight excluding hydrogens is 475 g/mol. The molecule has 8 nitrogen and oxygen atoms in total. The summed E-state index contributed by atoms with van der Waals surface area (Å²) in [5.74, 6) is 0.994. The number of benzene rings is 2. The van der Waals surface area contributed by atoms with E-state index in [4.69, 9.17) is 27.6 Å². The number of para-hydroxylation sites is 1. The van der Waals surface area contributed by atoms with Crippen LogP contribution >= 0.6 is 23.2 Å². The van der Waals surface area contributed by atoms with Gasteiger partial charge in [-0.25, -0.2) is 0 Å². The zero-order valence-electron chi connectivity index (χ0n) is 18.4. The summed E-state index contributed by atoms with van der Waals surface area (Å²) in [6, 6.07) is 16.5. The van der Waals surface area contributed by atoms with E-state index in [0.717, 1.165) is 18.7 Å². The van der Waals surface area contributed by atoms with Crippen molar-refractivity contribution in [2.75, 3.05) is 31.1 Å². The van der Waals surface area contributed by atoms with Crippen LogP contribution in [0.2, 0.25) is 10.0 Å². The first-order chi connectivity index (χ1) is 16.5. The Labute approximate surface area is 206 Å². The summed E-state index contributed by atoms with van der Waals surface area (Å²) in [4.78, 5) is 17.2. The van der Waals surface area contributed by atoms with Gasteiger partial charge in [0.2, 0.25) is 11.8 Å². The molecule has 174 valence electrons. The molecule has 0 aliphatic carbocycles. The van der Waals surface area contributed by atoms with Crippen molar-refractivity contribution < 1.29 is 4.42 Å². The molecule has 10 heteroatoms. The molecule has 0 amide bonds. The van der Waals surface area contributed by atoms with E-state index in [0.29, 0.717) is 41.3 Å². The second kappa shape index (κ2) is 9.58. The van der Waals surface area contributed by atoms with Gasteiger partial charge in [-0.3, -0.25) is 9.69 Å². The standard InChI is InChI=1S/C24H22Cl2N6O2/c1-16(22-28-29-23(34-22)17-6-5-7-18(25)14-17)30-10-12-31(13-11-30)20-15-27-32(24(33)21(20)26)19-8-3-2-4-9-19/h2-9,14-16H,10-13H2,1H3/t16-/m1/s1. The summed E-state index contributed by atoms with van der Waals surface area (Å²) in [7, 11) is 0. The van der Waals surface area contributed by atoms with E-state index < -0.39 is 0 Å². The SMILES string of the molecule is C[C@H](c1nnc(-c2cccc(Cl)c2)o1)N1CCN(c2cnn(-c3ccccc3)c(=O)c2Cl)CC1. The lowest BCUT2D eigenvalue weighted by Crippen LogP contribution is -2.47. The van der Waals surface area contributed by atoms with Crippen molar-refractivity contribution in [3.8, 4) is 17.1 Å². The second-order valence-corrected chi connectivity index (χ2v) is 8.87. The molecule has 0 radical (unpaired) electrons. The van der Waals surface area contributed by atoms with Crippen LogP contribution in [-0.2, 0) is 0 Å². The van der Waals surface area contributed by atoms with Crippen LogP contribution in [-0.4, -0.2) is 51.1 Å². The van der Waals surface area contributed by atoms with Gasteiger partial charge < -0.3 is 9.32 Å². The third kappa shape index (κ3) is 4.44. The van der Waals surface area contributed by atoms with E-state index in [9.17, 15) is 4.79 Å². The van der Waals surface area contributed by atoms with Gasteiger partial charge in [-0.1, -0.05) is 47.5 Å². The molecule has 0 spiro atoms. The van der Waals surface area contributed by atoms with Crippen molar-refractivity contribution in [1.29, 1.82) is 0 Å². The van der Waals surface area contributed by atoms with Crippen molar-refractivity contribution >= 4 is 28.9 Å². The van der Waals surface area contributed by atoms with E-state index in [1.165, 1.54) is 4.68 Å². The maximum absolute atomic E-state index is 12.8. The zero-order chi connectivity index (χ0) is 23.7. The molecule has 2 aromatic carbocycles. The Kier molecular flexibility index (Phi) is 6.36. The number of anilines is 1. The van der Waals surface area contributed by atoms with Crippen LogP contribution in [0, 0.1) is 0 Å². The molecule has 1 saturated heterocycles. The Morgan fingerprint density at radius 3 is 2.47 bits per heavy atom. The maximum atomic E-state index is 12.8. The maximum Gasteiger partial charge on any atom is 0.292 e. The summed E-state index contributed by atoms with van der Waals surface area (Å²) < 4.78 is 7.25. The summed E-state index contributed by atoms with van der Waals surface area (Å²) in [6.45, 7) is 4.91. The number of hydrogen-bond acceptors (Lipinski definition) is 7. The minimum atomic E-state index is -0.333. The molecule has 1 atom stereocenters. The fraction of sp³-hybridized carbons (Fsp3) is 0.250. The monoisotopic (exact) mass is 496 g/mol. The number of hydrogen-bond donors (Lipinski definition) is 0. The second-order valence-electron chi connectivity index (χ2n) is 8.05. The number of nitrogens with zero attached hydrogens (tertiary/aromatic N) is 6. The van der Waals surface area contributed by atoms with Crippen LogP contribution in [0.3, 0.4) is 0 Å². The van der Waals surface area contributed by atoms with Gasteiger partial charge in [-0.2, -0.15) is 9.78 Å². The number of halogens is 2. The van der Waals surface area contributed by atoms with Crippen molar-refractivity contribution in [3.63, 3.8) is 0 Å². The Balaban J connectivity index is 1.27. The van der Waals surface area contributed by atoms with Crippen molar-refractivity contribution in [2.24, 2.45) is 0 Å². The fourth-order valence-electron chi connectivity index (χ4n) is 4.05. The molecule has 4 aromatic rings. The van der Waals surface area contributed by atoms with Gasteiger partial charge in [0.15, 0.2) is 0 Å². The average Bonchev–Trinajstić information content (AvgIpc) is 3.36. The summed E-state index contributed by atoms with van der Waals surface area (Å²) in [6.07, 6.45) is 1.66. The summed E-state index contributed by atoms with van der Waals surface area (Å²) in [5.41, 5.74) is 1.78. The molecule has 0 N–H and O–H groups in total. The molecule has 3 heterocycles. The molecule has 1 aliphatic heterocycles. The highest BCUT2D eigenvalue weighted by molar-refractivity contribution is 6.33. The number of aromatic nitrogens is 4. The Morgan fingerprint density at radius 2 is 1.74 bits per heavy atom. The van der Waals surface area contributed by atoms with Crippen molar-refractivity contribution in [1.82, 2.24) is 24.9 Å². The highest BCUT2D eigenvalue weighted by Crippen LogP contribution is 2.28. The van der Waals surface area contributed by atoms with Crippen LogP contribution in [0.1, 0.15) is 18.9 Å². The van der Waals surface area contributed by atoms with Gasteiger partial charge in [0.25, 0.3) is 5.56 Å². The van der Waals surface area contributed by atoms with E-state index in [-0.39, 0.29) is 16.6 Å². The lowest BCUT2D eigenvalue weighted by atomic mass is 10.2. The molecule has 5 rings (SSSR count). The van der Waals surface area contributed by atoms with Crippen LogP contribution < -0.4 is 10.5 Å². The van der Waals surface area contributed by atoms with E-state index in [2.05, 4.69) is 25.1 Å². The topological polar surface area (TPSA) is 80.3 Å². The predicted molar refractivity (Wildman–Crippen MR) is 132 cm³/mol. The van der Waals surface area contributed by atoms with Gasteiger partial charge in [0.1, 0.15) is 5.02 Å². The summed E-state index contributed by atoms with van der Waals surface area (Å²) >= 11 is 12.6. The number of rotatable bonds is 5. The average molecular weight is 497 g/mol. The van der Waals surface area contributed by atoms with Crippen molar-refractivity contribution in [2.45, 2.75) is 13.0 Å². The first kappa shape index (κ1) is 22.6. The highest BCUT2D eigenvalue weighted by atomic mass is 35.5. The Hall–Kier alpha value is -3.20. The van der Waals surface area contributed by atoms with Crippen LogP contribution in [0.25, 0.3) is 17.1 Å². The molecule has 0 bridgehead atoms. The zero-order valence-corrected chi connectivity index (χ0v) is 19.9. The normalized spacial score (nSPS) is 15.4. The molecule has 34 heavy (non-hydrogen) atoms. The van der Waals surface area contributed by atoms with Gasteiger partial charge in [0, 0.05) is 36.8 Å². The quantitative estimate of drug-likeness (QED) is 0.403. The molecule has 2 aromatic heterocycles. The van der Waals surface area contributed by atoms with Crippen LogP contribution in [0.4, 0.5) is 5.69 Å². The lowest BCUT2D eigenvalue weighted by molar-refractivity contribution is 0.173. The van der Waals surface area contributed by atoms with Crippen LogP contribution in [0.5, 0.6) is 0 Å². The minimum absolute atomic E-state index is 0.0535. The smallest absolute Gasteiger partial charge is 0.292 e. The lowest BCUT2D eigenvalue weighted by Gasteiger charge is -2.38. The van der Waals surface area contributed by atoms with Gasteiger partial charge >= 0.3 is 0 Å². The Morgan fingerprint density at radius 1 is 0.971 bits per heavy atom. The first-order valence-electron chi connectivity index (χ1n) is 10.9. The van der Waals surface area contributed by atoms with Gasteiger partial charge in [0.05, 0.1) is 23.6 Å². The molecular formula is C24H22Cl2N6O2. The van der Waals surface area contributed by atoms with Crippen molar-refractivity contribution in [3.05, 3.63) is 87.1 Å². The highest BCUT2D eigenvalue weighted by Gasteiger charge is 2.27. The molecule has 1 fully saturated rings. The summed E-state index contributed by atoms with van der Waals surface area (Å²) in [5, 5.41) is 13.6. The largest absolute Gasteiger partial charge is 0.419 e. The number of piperazine rings is 1.